The van der Waals surface area contributed by atoms with E-state index in [2.05, 4.69) is 208 Å². The SMILES string of the molecule is CC/C=C\C/C=C\C/C=C\C/C=C\C/C=C\C/C=C\C/C=C\C/C=C\C/C=C\C/C=C\C/C=C\CCCCCCCC(=O)OC(COC(=O)CCCCC/C=C\C/C=C\C/C=C\C/C=C\C/C=C\CC)COP(=O)(O)OCCN. The number of hydrogen-bond donors (Lipinski definition) is 2. The summed E-state index contributed by atoms with van der Waals surface area (Å²) in [5.74, 6) is -0.907. The summed E-state index contributed by atoms with van der Waals surface area (Å²) in [4.78, 5) is 35.2. The molecule has 0 heterocycles. The van der Waals surface area contributed by atoms with Gasteiger partial charge in [0.05, 0.1) is 13.2 Å². The normalized spacial score (nSPS) is 14.4. The monoisotopic (exact) mass is 1110 g/mol. The molecule has 0 aromatic heterocycles. The van der Waals surface area contributed by atoms with Crippen LogP contribution in [0, 0.1) is 0 Å². The van der Waals surface area contributed by atoms with Crippen LogP contribution in [-0.4, -0.2) is 49.3 Å². The van der Waals surface area contributed by atoms with Gasteiger partial charge in [-0.15, -0.1) is 0 Å². The summed E-state index contributed by atoms with van der Waals surface area (Å²) in [7, 11) is -4.42. The minimum Gasteiger partial charge on any atom is -0.462 e. The Kier molecular flexibility index (Phi) is 58.0. The summed E-state index contributed by atoms with van der Waals surface area (Å²) in [5.41, 5.74) is 5.37. The Bertz CT molecular complexity index is 1990. The Morgan fingerprint density at radius 2 is 0.658 bits per heavy atom. The first kappa shape index (κ1) is 73.8. The molecule has 79 heavy (non-hydrogen) atoms. The molecular weight excluding hydrogens is 1000 g/mol. The quantitative estimate of drug-likeness (QED) is 0.0264. The van der Waals surface area contributed by atoms with Gasteiger partial charge in [-0.25, -0.2) is 4.57 Å². The zero-order chi connectivity index (χ0) is 57.3. The summed E-state index contributed by atoms with van der Waals surface area (Å²) in [6.07, 6.45) is 94.9. The van der Waals surface area contributed by atoms with E-state index < -0.39 is 32.5 Å². The number of nitrogens with two attached hydrogens (primary N) is 1. The largest absolute Gasteiger partial charge is 0.472 e. The third kappa shape index (κ3) is 61.9. The van der Waals surface area contributed by atoms with Crippen LogP contribution < -0.4 is 5.73 Å². The van der Waals surface area contributed by atoms with E-state index in [-0.39, 0.29) is 32.6 Å². The van der Waals surface area contributed by atoms with Crippen LogP contribution in [0.3, 0.4) is 0 Å². The van der Waals surface area contributed by atoms with Crippen molar-refractivity contribution >= 4 is 19.8 Å². The van der Waals surface area contributed by atoms with Crippen LogP contribution >= 0.6 is 7.82 Å². The first-order valence-electron chi connectivity index (χ1n) is 29.9. The smallest absolute Gasteiger partial charge is 0.462 e. The average Bonchev–Trinajstić information content (AvgIpc) is 3.44. The highest BCUT2D eigenvalue weighted by Gasteiger charge is 2.26. The van der Waals surface area contributed by atoms with E-state index >= 15 is 0 Å². The molecule has 0 saturated heterocycles. The summed E-state index contributed by atoms with van der Waals surface area (Å²) in [6, 6.07) is 0. The summed E-state index contributed by atoms with van der Waals surface area (Å²) in [5, 5.41) is 0. The molecule has 0 amide bonds. The van der Waals surface area contributed by atoms with Crippen molar-refractivity contribution in [2.75, 3.05) is 26.4 Å². The van der Waals surface area contributed by atoms with Gasteiger partial charge in [-0.05, 0) is 141 Å². The van der Waals surface area contributed by atoms with Gasteiger partial charge < -0.3 is 20.1 Å². The molecule has 0 aliphatic heterocycles. The summed E-state index contributed by atoms with van der Waals surface area (Å²) < 4.78 is 33.0. The van der Waals surface area contributed by atoms with Crippen LogP contribution in [0.1, 0.15) is 194 Å². The van der Waals surface area contributed by atoms with Crippen molar-refractivity contribution in [2.45, 2.75) is 200 Å². The fourth-order valence-corrected chi connectivity index (χ4v) is 7.90. The minimum absolute atomic E-state index is 0.0337. The molecule has 10 heteroatoms. The molecule has 440 valence electrons. The molecule has 0 aliphatic rings. The van der Waals surface area contributed by atoms with Gasteiger partial charge in [-0.2, -0.15) is 0 Å². The maximum atomic E-state index is 12.7. The maximum absolute atomic E-state index is 12.7. The van der Waals surface area contributed by atoms with E-state index in [1.165, 1.54) is 0 Å². The van der Waals surface area contributed by atoms with Crippen molar-refractivity contribution in [3.63, 3.8) is 0 Å². The van der Waals surface area contributed by atoms with Crippen LogP contribution in [0.2, 0.25) is 0 Å². The van der Waals surface area contributed by atoms with Gasteiger partial charge in [0.15, 0.2) is 6.10 Å². The molecule has 0 fully saturated rings. The summed E-state index contributed by atoms with van der Waals surface area (Å²) >= 11 is 0. The van der Waals surface area contributed by atoms with E-state index in [4.69, 9.17) is 24.3 Å². The lowest BCUT2D eigenvalue weighted by molar-refractivity contribution is -0.161. The molecule has 3 N–H and O–H groups in total. The Balaban J connectivity index is 4.12. The van der Waals surface area contributed by atoms with Gasteiger partial charge in [-0.3, -0.25) is 18.6 Å². The number of hydrogen-bond acceptors (Lipinski definition) is 8. The van der Waals surface area contributed by atoms with Gasteiger partial charge in [0, 0.05) is 19.4 Å². The van der Waals surface area contributed by atoms with Crippen molar-refractivity contribution in [1.29, 1.82) is 0 Å². The Hall–Kier alpha value is -5.15. The van der Waals surface area contributed by atoms with Crippen molar-refractivity contribution in [3.8, 4) is 0 Å². The predicted molar refractivity (Wildman–Crippen MR) is 338 cm³/mol. The lowest BCUT2D eigenvalue weighted by Gasteiger charge is -2.19. The molecule has 0 rings (SSSR count). The average molecular weight is 1110 g/mol. The third-order valence-electron chi connectivity index (χ3n) is 11.5. The first-order chi connectivity index (χ1) is 38.8. The highest BCUT2D eigenvalue weighted by Crippen LogP contribution is 2.43. The van der Waals surface area contributed by atoms with E-state index in [0.717, 1.165) is 154 Å². The molecule has 0 aromatic rings. The molecular formula is C69H106NO8P. The van der Waals surface area contributed by atoms with Crippen LogP contribution in [0.4, 0.5) is 0 Å². The Morgan fingerprint density at radius 3 is 0.987 bits per heavy atom. The van der Waals surface area contributed by atoms with Crippen molar-refractivity contribution in [3.05, 3.63) is 194 Å². The molecule has 0 saturated carbocycles. The van der Waals surface area contributed by atoms with Gasteiger partial charge in [0.25, 0.3) is 0 Å². The van der Waals surface area contributed by atoms with Crippen LogP contribution in [-0.2, 0) is 32.7 Å². The zero-order valence-electron chi connectivity index (χ0n) is 49.0. The number of carbonyl (C=O) groups excluding carboxylic acids is 2. The molecule has 0 bridgehead atoms. The van der Waals surface area contributed by atoms with Crippen LogP contribution in [0.15, 0.2) is 194 Å². The fraction of sp³-hybridized carbons (Fsp3) is 0.507. The van der Waals surface area contributed by atoms with Crippen molar-refractivity contribution in [1.82, 2.24) is 0 Å². The molecule has 0 aliphatic carbocycles. The molecule has 0 radical (unpaired) electrons. The molecule has 0 spiro atoms. The van der Waals surface area contributed by atoms with Crippen molar-refractivity contribution < 1.29 is 37.6 Å². The number of carbonyl (C=O) groups is 2. The van der Waals surface area contributed by atoms with Crippen LogP contribution in [0.5, 0.6) is 0 Å². The zero-order valence-corrected chi connectivity index (χ0v) is 49.9. The minimum atomic E-state index is -4.42. The number of ether oxygens (including phenoxy) is 2. The second kappa shape index (κ2) is 62.1. The van der Waals surface area contributed by atoms with E-state index in [1.54, 1.807) is 0 Å². The Labute approximate surface area is 481 Å². The van der Waals surface area contributed by atoms with E-state index in [0.29, 0.717) is 12.8 Å². The number of phosphoric acid groups is 1. The van der Waals surface area contributed by atoms with Gasteiger partial charge in [0.1, 0.15) is 6.61 Å². The second-order valence-electron chi connectivity index (χ2n) is 18.7. The van der Waals surface area contributed by atoms with E-state index in [1.807, 2.05) is 0 Å². The second-order valence-corrected chi connectivity index (χ2v) is 20.2. The number of unbranched alkanes of at least 4 members (excludes halogenated alkanes) is 8. The number of allylic oxidation sites excluding steroid dienone is 32. The third-order valence-corrected chi connectivity index (χ3v) is 12.5. The molecule has 9 nitrogen and oxygen atoms in total. The highest BCUT2D eigenvalue weighted by atomic mass is 31.2. The molecule has 2 atom stereocenters. The number of esters is 2. The lowest BCUT2D eigenvalue weighted by Crippen LogP contribution is -2.29. The molecule has 0 aromatic carbocycles. The maximum Gasteiger partial charge on any atom is 0.472 e. The number of rotatable bonds is 53. The van der Waals surface area contributed by atoms with E-state index in [9.17, 15) is 19.0 Å². The fourth-order valence-electron chi connectivity index (χ4n) is 7.14. The Morgan fingerprint density at radius 1 is 0.380 bits per heavy atom. The lowest BCUT2D eigenvalue weighted by atomic mass is 10.1. The first-order valence-corrected chi connectivity index (χ1v) is 31.4. The topological polar surface area (TPSA) is 134 Å². The summed E-state index contributed by atoms with van der Waals surface area (Å²) in [6.45, 7) is 3.41. The molecule has 2 unspecified atom stereocenters. The van der Waals surface area contributed by atoms with Crippen LogP contribution in [0.25, 0.3) is 0 Å². The number of phosphoric ester groups is 1. The van der Waals surface area contributed by atoms with Gasteiger partial charge >= 0.3 is 19.8 Å². The highest BCUT2D eigenvalue weighted by molar-refractivity contribution is 7.47. The van der Waals surface area contributed by atoms with Gasteiger partial charge in [0.2, 0.25) is 0 Å². The van der Waals surface area contributed by atoms with Gasteiger partial charge in [-0.1, -0.05) is 234 Å². The van der Waals surface area contributed by atoms with Crippen molar-refractivity contribution in [2.24, 2.45) is 5.73 Å². The predicted octanol–water partition coefficient (Wildman–Crippen LogP) is 19.4. The standard InChI is InChI=1S/C69H106NO8P/c1-3-5-7-9-11-13-15-17-19-21-23-24-25-26-27-28-29-30-31-32-33-34-35-36-37-38-39-40-41-42-44-46-48-50-52-54-56-58-60-62-69(72)78-67(66-77-79(73,74)76-64-63-70)65-75-68(71)61-59-57-55-53-51-49-47-45-43-22-20-18-16-14-12-10-8-6-4-2/h5-8,11-14,17-20,23-24,26-27,29-30,32-33,35-36,38-39,41-43,45-46,48-49,51,67H,3-4,9-10,15-16,21-22,25,28,31,34,37,40,44,47,50,52-66,70H2,1-2H3,(H,73,74)/b7-5-,8-6-,13-11-,14-12-,19-17-,20-18-,24-23-,27-26-,30-29-,33-32-,36-35-,39-38-,42-41-,45-43-,48-46-,51-49-.